The fourth-order valence-electron chi connectivity index (χ4n) is 5.44. The highest BCUT2D eigenvalue weighted by Crippen LogP contribution is 2.28. The lowest BCUT2D eigenvalue weighted by atomic mass is 10.1. The molecule has 0 bridgehead atoms. The van der Waals surface area contributed by atoms with E-state index in [-0.39, 0.29) is 59.5 Å². The lowest BCUT2D eigenvalue weighted by Gasteiger charge is -2.09. The summed E-state index contributed by atoms with van der Waals surface area (Å²) in [7, 11) is 0. The number of nitrogens with two attached hydrogens (primary N) is 1. The Bertz CT molecular complexity index is 2510. The van der Waals surface area contributed by atoms with E-state index >= 15 is 0 Å². The molecule has 0 aliphatic rings. The topological polar surface area (TPSA) is 180 Å². The van der Waals surface area contributed by atoms with Gasteiger partial charge in [0.2, 0.25) is 0 Å². The zero-order valence-corrected chi connectivity index (χ0v) is 35.6. The first kappa shape index (κ1) is 46.0. The number of Topliss-reactive ketones (excluding diaryl/α,β-unsaturated/α-hetero) is 1. The van der Waals surface area contributed by atoms with E-state index in [1.807, 2.05) is 88.4 Å². The SMILES string of the molecule is CC(C)C(=O)CCCNC(=O)COc1ccc2sc3ccccc3c(=O)c2c1.CCOC(=O)C(C)C.NCCNC(=O)COc1ccc2sc3ccccc3c(=O)c2c1. The summed E-state index contributed by atoms with van der Waals surface area (Å²) >= 11 is 3.11. The van der Waals surface area contributed by atoms with Crippen molar-refractivity contribution in [2.45, 2.75) is 47.5 Å². The summed E-state index contributed by atoms with van der Waals surface area (Å²) in [6.45, 7) is 10.7. The highest BCUT2D eigenvalue weighted by molar-refractivity contribution is 7.24. The minimum atomic E-state index is -0.249. The summed E-state index contributed by atoms with van der Waals surface area (Å²) in [4.78, 5) is 70.8. The first-order valence-electron chi connectivity index (χ1n) is 19.4. The molecule has 14 heteroatoms. The minimum absolute atomic E-state index is 0.00921. The fraction of sp³-hybridized carbons (Fsp3) is 0.333. The van der Waals surface area contributed by atoms with Gasteiger partial charge in [0.1, 0.15) is 17.3 Å². The Balaban J connectivity index is 0.000000223. The molecule has 0 atom stereocenters. The van der Waals surface area contributed by atoms with Crippen molar-refractivity contribution in [2.75, 3.05) is 39.5 Å². The van der Waals surface area contributed by atoms with Gasteiger partial charge in [0.05, 0.1) is 12.5 Å². The summed E-state index contributed by atoms with van der Waals surface area (Å²) in [5, 5.41) is 7.95. The molecule has 6 rings (SSSR count). The van der Waals surface area contributed by atoms with Crippen LogP contribution in [0.2, 0.25) is 0 Å². The summed E-state index contributed by atoms with van der Waals surface area (Å²) in [5.41, 5.74) is 5.27. The predicted molar refractivity (Wildman–Crippen MR) is 238 cm³/mol. The molecule has 0 aliphatic heterocycles. The van der Waals surface area contributed by atoms with E-state index in [9.17, 15) is 28.8 Å². The van der Waals surface area contributed by atoms with Crippen LogP contribution in [0.4, 0.5) is 0 Å². The molecule has 4 aromatic carbocycles. The number of fused-ring (bicyclic) bond motifs is 4. The molecule has 312 valence electrons. The van der Waals surface area contributed by atoms with Crippen LogP contribution < -0.4 is 36.7 Å². The lowest BCUT2D eigenvalue weighted by Crippen LogP contribution is -2.32. The number of rotatable bonds is 15. The molecule has 0 fully saturated rings. The van der Waals surface area contributed by atoms with Crippen LogP contribution in [0.3, 0.4) is 0 Å². The number of ketones is 1. The molecule has 0 unspecified atom stereocenters. The molecular weight excluding hydrogens is 791 g/mol. The normalized spacial score (nSPS) is 10.8. The molecular formula is C45H51N3O9S2. The van der Waals surface area contributed by atoms with Crippen LogP contribution in [0.15, 0.2) is 94.5 Å². The number of amides is 2. The van der Waals surface area contributed by atoms with Crippen LogP contribution in [-0.4, -0.2) is 63.0 Å². The van der Waals surface area contributed by atoms with E-state index in [1.54, 1.807) is 53.9 Å². The lowest BCUT2D eigenvalue weighted by molar-refractivity contribution is -0.146. The monoisotopic (exact) mass is 841 g/mol. The quantitative estimate of drug-likeness (QED) is 0.0554. The standard InChI is InChI=1S/C22H23NO4S.C17H16N2O3S.C6H12O2/c1-14(2)18(24)7-5-11-23-21(25)13-27-15-9-10-20-17(12-15)22(26)16-6-3-4-8-19(16)28-20;18-7-8-19-16(20)10-22-11-5-6-15-13(9-11)17(21)12-3-1-2-4-14(12)23-15;1-4-8-6(7)5(2)3/h3-4,6,8-10,12,14H,5,7,11,13H2,1-2H3,(H,23,25);1-6,9H,7-8,10,18H2,(H,19,20);5H,4H2,1-3H3. The maximum Gasteiger partial charge on any atom is 0.308 e. The van der Waals surface area contributed by atoms with Crippen molar-refractivity contribution < 1.29 is 33.4 Å². The molecule has 12 nitrogen and oxygen atoms in total. The Kier molecular flexibility index (Phi) is 18.0. The molecule has 0 aliphatic carbocycles. The molecule has 6 aromatic rings. The summed E-state index contributed by atoms with van der Waals surface area (Å²) < 4.78 is 19.4. The zero-order chi connectivity index (χ0) is 42.9. The average molecular weight is 842 g/mol. The van der Waals surface area contributed by atoms with E-state index in [1.165, 1.54) is 0 Å². The van der Waals surface area contributed by atoms with E-state index in [4.69, 9.17) is 15.2 Å². The zero-order valence-electron chi connectivity index (χ0n) is 34.0. The van der Waals surface area contributed by atoms with Gasteiger partial charge in [0.15, 0.2) is 24.1 Å². The molecule has 2 amide bonds. The Morgan fingerprint density at radius 1 is 0.627 bits per heavy atom. The smallest absolute Gasteiger partial charge is 0.308 e. The average Bonchev–Trinajstić information content (AvgIpc) is 3.23. The van der Waals surface area contributed by atoms with Gasteiger partial charge < -0.3 is 30.6 Å². The molecule has 0 saturated heterocycles. The van der Waals surface area contributed by atoms with Crippen molar-refractivity contribution in [3.8, 4) is 11.5 Å². The number of benzene rings is 4. The molecule has 0 radical (unpaired) electrons. The van der Waals surface area contributed by atoms with Crippen LogP contribution >= 0.6 is 22.7 Å². The van der Waals surface area contributed by atoms with Gasteiger partial charge in [-0.2, -0.15) is 0 Å². The van der Waals surface area contributed by atoms with Gasteiger partial charge in [-0.25, -0.2) is 0 Å². The van der Waals surface area contributed by atoms with Gasteiger partial charge in [-0.1, -0.05) is 52.0 Å². The highest BCUT2D eigenvalue weighted by atomic mass is 32.1. The van der Waals surface area contributed by atoms with E-state index in [0.717, 1.165) is 18.8 Å². The van der Waals surface area contributed by atoms with Crippen LogP contribution in [-0.2, 0) is 23.9 Å². The second kappa shape index (κ2) is 23.0. The number of nitrogens with one attached hydrogen (secondary N) is 2. The number of hydrogen-bond donors (Lipinski definition) is 3. The maximum atomic E-state index is 12.7. The van der Waals surface area contributed by atoms with E-state index < -0.39 is 0 Å². The van der Waals surface area contributed by atoms with Gasteiger partial charge >= 0.3 is 5.97 Å². The highest BCUT2D eigenvalue weighted by Gasteiger charge is 2.11. The number of carbonyl (C=O) groups excluding carboxylic acids is 4. The maximum absolute atomic E-state index is 12.7. The fourth-order valence-corrected chi connectivity index (χ4v) is 7.55. The second-order valence-electron chi connectivity index (χ2n) is 13.9. The van der Waals surface area contributed by atoms with Crippen LogP contribution in [0.25, 0.3) is 40.3 Å². The van der Waals surface area contributed by atoms with Crippen LogP contribution in [0, 0.1) is 11.8 Å². The second-order valence-corrected chi connectivity index (χ2v) is 16.0. The first-order valence-corrected chi connectivity index (χ1v) is 21.1. The Morgan fingerprint density at radius 2 is 1.08 bits per heavy atom. The van der Waals surface area contributed by atoms with Gasteiger partial charge in [0.25, 0.3) is 11.8 Å². The largest absolute Gasteiger partial charge is 0.484 e. The molecule has 0 spiro atoms. The van der Waals surface area contributed by atoms with E-state index in [2.05, 4.69) is 15.4 Å². The summed E-state index contributed by atoms with van der Waals surface area (Å²) in [6.07, 6.45) is 1.08. The summed E-state index contributed by atoms with van der Waals surface area (Å²) in [5.74, 6) is 0.610. The van der Waals surface area contributed by atoms with Gasteiger partial charge in [-0.15, -0.1) is 22.7 Å². The predicted octanol–water partition coefficient (Wildman–Crippen LogP) is 6.99. The Hall–Kier alpha value is -5.70. The third kappa shape index (κ3) is 13.7. The Labute approximate surface area is 350 Å². The third-order valence-electron chi connectivity index (χ3n) is 8.62. The van der Waals surface area contributed by atoms with Crippen molar-refractivity contribution in [3.05, 3.63) is 105 Å². The van der Waals surface area contributed by atoms with Crippen molar-refractivity contribution in [1.82, 2.24) is 10.6 Å². The third-order valence-corrected chi connectivity index (χ3v) is 10.9. The number of carbonyl (C=O) groups is 4. The number of ether oxygens (including phenoxy) is 3. The Morgan fingerprint density at radius 3 is 1.51 bits per heavy atom. The molecule has 0 saturated carbocycles. The number of esters is 1. The minimum Gasteiger partial charge on any atom is -0.484 e. The summed E-state index contributed by atoms with van der Waals surface area (Å²) in [6, 6.07) is 25.7. The molecule has 4 N–H and O–H groups in total. The van der Waals surface area contributed by atoms with E-state index in [0.29, 0.717) is 72.1 Å². The van der Waals surface area contributed by atoms with Crippen molar-refractivity contribution in [1.29, 1.82) is 0 Å². The first-order chi connectivity index (χ1) is 28.3. The van der Waals surface area contributed by atoms with Crippen molar-refractivity contribution >= 4 is 86.6 Å². The van der Waals surface area contributed by atoms with Crippen molar-refractivity contribution in [3.63, 3.8) is 0 Å². The molecule has 59 heavy (non-hydrogen) atoms. The number of hydrogen-bond acceptors (Lipinski definition) is 12. The molecule has 2 aromatic heterocycles. The van der Waals surface area contributed by atoms with Crippen LogP contribution in [0.5, 0.6) is 11.5 Å². The molecule has 2 heterocycles. The van der Waals surface area contributed by atoms with Crippen LogP contribution in [0.1, 0.15) is 47.5 Å². The van der Waals surface area contributed by atoms with Gasteiger partial charge in [0, 0.05) is 72.3 Å². The van der Waals surface area contributed by atoms with Gasteiger partial charge in [-0.05, 0) is 74.0 Å². The van der Waals surface area contributed by atoms with Gasteiger partial charge in [-0.3, -0.25) is 28.8 Å². The van der Waals surface area contributed by atoms with Crippen molar-refractivity contribution in [2.24, 2.45) is 17.6 Å².